The van der Waals surface area contributed by atoms with Gasteiger partial charge in [0.15, 0.2) is 17.3 Å². The van der Waals surface area contributed by atoms with Crippen molar-refractivity contribution in [2.24, 2.45) is 0 Å². The van der Waals surface area contributed by atoms with Crippen molar-refractivity contribution in [1.82, 2.24) is 30.1 Å². The monoisotopic (exact) mass is 311 g/mol. The smallest absolute Gasteiger partial charge is 0.199 e. The minimum Gasteiger partial charge on any atom is -0.379 e. The molecule has 0 saturated carbocycles. The molecule has 1 aromatic carbocycles. The van der Waals surface area contributed by atoms with Gasteiger partial charge in [0, 0.05) is 6.20 Å². The van der Waals surface area contributed by atoms with Gasteiger partial charge in [0.2, 0.25) is 0 Å². The van der Waals surface area contributed by atoms with Crippen molar-refractivity contribution in [3.05, 3.63) is 48.0 Å². The number of fused-ring (bicyclic) bond motifs is 1. The van der Waals surface area contributed by atoms with E-state index in [9.17, 15) is 4.39 Å². The number of halogens is 1. The summed E-state index contributed by atoms with van der Waals surface area (Å²) in [5, 5.41) is 15.2. The van der Waals surface area contributed by atoms with Crippen LogP contribution in [0.4, 0.5) is 10.2 Å². The molecule has 0 aliphatic carbocycles. The number of aromatic nitrogens is 6. The average molecular weight is 311 g/mol. The molecule has 0 bridgehead atoms. The van der Waals surface area contributed by atoms with Crippen molar-refractivity contribution < 1.29 is 9.02 Å². The number of rotatable bonds is 3. The van der Waals surface area contributed by atoms with Gasteiger partial charge in [-0.2, -0.15) is 10.2 Å². The fourth-order valence-electron chi connectivity index (χ4n) is 2.41. The zero-order chi connectivity index (χ0) is 15.8. The molecule has 4 aromatic rings. The van der Waals surface area contributed by atoms with E-state index >= 15 is 0 Å². The molecule has 0 fully saturated rings. The SMILES string of the molecule is Nc1nonc1-c1nc2cccc(F)c2n1Cc1cccnn1. The molecule has 3 aromatic heterocycles. The second-order valence-electron chi connectivity index (χ2n) is 4.84. The molecule has 0 spiro atoms. The van der Waals surface area contributed by atoms with Gasteiger partial charge < -0.3 is 10.3 Å². The molecule has 0 amide bonds. The summed E-state index contributed by atoms with van der Waals surface area (Å²) in [6.07, 6.45) is 1.57. The highest BCUT2D eigenvalue weighted by atomic mass is 19.1. The number of anilines is 1. The molecule has 3 heterocycles. The first kappa shape index (κ1) is 13.3. The summed E-state index contributed by atoms with van der Waals surface area (Å²) in [4.78, 5) is 4.41. The largest absolute Gasteiger partial charge is 0.379 e. The normalized spacial score (nSPS) is 11.2. The fraction of sp³-hybridized carbons (Fsp3) is 0.0714. The third-order valence-electron chi connectivity index (χ3n) is 3.39. The molecular weight excluding hydrogens is 301 g/mol. The predicted octanol–water partition coefficient (Wildman–Crippen LogP) is 1.65. The van der Waals surface area contributed by atoms with Gasteiger partial charge in [-0.25, -0.2) is 14.0 Å². The van der Waals surface area contributed by atoms with Crippen LogP contribution < -0.4 is 5.73 Å². The lowest BCUT2D eigenvalue weighted by atomic mass is 10.3. The van der Waals surface area contributed by atoms with Crippen molar-refractivity contribution in [2.45, 2.75) is 6.54 Å². The maximum absolute atomic E-state index is 14.3. The summed E-state index contributed by atoms with van der Waals surface area (Å²) in [5.74, 6) is 0.0378. The Morgan fingerprint density at radius 2 is 2.09 bits per heavy atom. The fourth-order valence-corrected chi connectivity index (χ4v) is 2.41. The molecule has 2 N–H and O–H groups in total. The minimum atomic E-state index is -0.403. The van der Waals surface area contributed by atoms with Crippen LogP contribution in [0.3, 0.4) is 0 Å². The molecule has 0 radical (unpaired) electrons. The second-order valence-corrected chi connectivity index (χ2v) is 4.84. The van der Waals surface area contributed by atoms with Crippen LogP contribution in [0.1, 0.15) is 5.69 Å². The standard InChI is InChI=1S/C14H10FN7O/c15-9-4-1-5-10-12(9)22(7-8-3-2-6-17-19-8)14(18-10)11-13(16)21-23-20-11/h1-6H,7H2,(H2,16,21). The van der Waals surface area contributed by atoms with E-state index in [4.69, 9.17) is 5.73 Å². The van der Waals surface area contributed by atoms with Gasteiger partial charge in [-0.1, -0.05) is 6.07 Å². The number of hydrogen-bond acceptors (Lipinski definition) is 7. The lowest BCUT2D eigenvalue weighted by Gasteiger charge is -2.07. The van der Waals surface area contributed by atoms with Gasteiger partial charge in [-0.15, -0.1) is 0 Å². The maximum atomic E-state index is 14.3. The minimum absolute atomic E-state index is 0.0844. The summed E-state index contributed by atoms with van der Waals surface area (Å²) in [7, 11) is 0. The van der Waals surface area contributed by atoms with Gasteiger partial charge in [0.05, 0.1) is 17.8 Å². The molecule has 9 heteroatoms. The molecule has 0 unspecified atom stereocenters. The number of para-hydroxylation sites is 1. The van der Waals surface area contributed by atoms with Crippen molar-refractivity contribution >= 4 is 16.9 Å². The van der Waals surface area contributed by atoms with E-state index in [0.717, 1.165) is 0 Å². The highest BCUT2D eigenvalue weighted by Crippen LogP contribution is 2.28. The van der Waals surface area contributed by atoms with E-state index in [1.807, 2.05) is 0 Å². The average Bonchev–Trinajstić information content (AvgIpc) is 3.13. The summed E-state index contributed by atoms with van der Waals surface area (Å²) >= 11 is 0. The van der Waals surface area contributed by atoms with Crippen molar-refractivity contribution in [1.29, 1.82) is 0 Å². The Kier molecular flexibility index (Phi) is 2.97. The summed E-state index contributed by atoms with van der Waals surface area (Å²) < 4.78 is 20.6. The first-order valence-corrected chi connectivity index (χ1v) is 6.74. The third kappa shape index (κ3) is 2.18. The van der Waals surface area contributed by atoms with Crippen LogP contribution in [-0.2, 0) is 6.54 Å². The molecule has 0 aliphatic rings. The van der Waals surface area contributed by atoms with Crippen molar-refractivity contribution in [3.8, 4) is 11.5 Å². The number of nitrogens with zero attached hydrogens (tertiary/aromatic N) is 6. The van der Waals surface area contributed by atoms with E-state index in [1.165, 1.54) is 6.07 Å². The van der Waals surface area contributed by atoms with E-state index in [0.29, 0.717) is 22.6 Å². The first-order chi connectivity index (χ1) is 11.2. The van der Waals surface area contributed by atoms with Gasteiger partial charge in [-0.05, 0) is 34.6 Å². The highest BCUT2D eigenvalue weighted by Gasteiger charge is 2.21. The van der Waals surface area contributed by atoms with Crippen molar-refractivity contribution in [2.75, 3.05) is 5.73 Å². The lowest BCUT2D eigenvalue weighted by Crippen LogP contribution is -2.06. The van der Waals surface area contributed by atoms with E-state index in [1.54, 1.807) is 35.0 Å². The molecular formula is C14H10FN7O. The van der Waals surface area contributed by atoms with E-state index < -0.39 is 5.82 Å². The summed E-state index contributed by atoms with van der Waals surface area (Å²) in [6.45, 7) is 0.257. The molecule has 4 rings (SSSR count). The van der Waals surface area contributed by atoms with Crippen LogP contribution in [0.5, 0.6) is 0 Å². The Bertz CT molecular complexity index is 979. The number of benzene rings is 1. The molecule has 23 heavy (non-hydrogen) atoms. The zero-order valence-electron chi connectivity index (χ0n) is 11.7. The molecule has 8 nitrogen and oxygen atoms in total. The van der Waals surface area contributed by atoms with Crippen LogP contribution in [0, 0.1) is 5.82 Å². The highest BCUT2D eigenvalue weighted by molar-refractivity contribution is 5.82. The maximum Gasteiger partial charge on any atom is 0.199 e. The van der Waals surface area contributed by atoms with Gasteiger partial charge in [-0.3, -0.25) is 0 Å². The second kappa shape index (κ2) is 5.13. The topological polar surface area (TPSA) is 109 Å². The first-order valence-electron chi connectivity index (χ1n) is 6.74. The van der Waals surface area contributed by atoms with Crippen LogP contribution in [0.15, 0.2) is 41.2 Å². The van der Waals surface area contributed by atoms with Gasteiger partial charge in [0.1, 0.15) is 11.3 Å². The number of hydrogen-bond donors (Lipinski definition) is 1. The predicted molar refractivity (Wildman–Crippen MR) is 78.5 cm³/mol. The Hall–Kier alpha value is -3.36. The van der Waals surface area contributed by atoms with E-state index in [-0.39, 0.29) is 18.1 Å². The number of nitrogens with two attached hydrogens (primary N) is 1. The quantitative estimate of drug-likeness (QED) is 0.612. The van der Waals surface area contributed by atoms with Gasteiger partial charge in [0.25, 0.3) is 0 Å². The molecule has 114 valence electrons. The van der Waals surface area contributed by atoms with Crippen LogP contribution in [0.2, 0.25) is 0 Å². The third-order valence-corrected chi connectivity index (χ3v) is 3.39. The molecule has 0 saturated heterocycles. The number of nitrogen functional groups attached to an aromatic ring is 1. The van der Waals surface area contributed by atoms with E-state index in [2.05, 4.69) is 30.1 Å². The van der Waals surface area contributed by atoms with Crippen LogP contribution in [-0.4, -0.2) is 30.1 Å². The number of imidazole rings is 1. The Balaban J connectivity index is 1.97. The summed E-state index contributed by atoms with van der Waals surface area (Å²) in [5.41, 5.74) is 7.46. The Morgan fingerprint density at radius 1 is 1.17 bits per heavy atom. The molecule has 0 atom stereocenters. The Labute approximate surface area is 128 Å². The van der Waals surface area contributed by atoms with Crippen molar-refractivity contribution in [3.63, 3.8) is 0 Å². The molecule has 0 aliphatic heterocycles. The zero-order valence-corrected chi connectivity index (χ0v) is 11.7. The Morgan fingerprint density at radius 3 is 2.83 bits per heavy atom. The lowest BCUT2D eigenvalue weighted by molar-refractivity contribution is 0.310. The summed E-state index contributed by atoms with van der Waals surface area (Å²) in [6, 6.07) is 8.20. The van der Waals surface area contributed by atoms with Crippen LogP contribution >= 0.6 is 0 Å². The van der Waals surface area contributed by atoms with Crippen LogP contribution in [0.25, 0.3) is 22.6 Å². The van der Waals surface area contributed by atoms with Gasteiger partial charge >= 0.3 is 0 Å².